The van der Waals surface area contributed by atoms with E-state index in [0.29, 0.717) is 25.3 Å². The minimum atomic E-state index is -0.260. The molecule has 29 heavy (non-hydrogen) atoms. The normalized spacial score (nSPS) is 18.6. The predicted octanol–water partition coefficient (Wildman–Crippen LogP) is 2.62. The molecule has 2 aliphatic rings. The lowest BCUT2D eigenvalue weighted by Crippen LogP contribution is -2.44. The number of carbonyl (C=O) groups excluding carboxylic acids is 1. The van der Waals surface area contributed by atoms with Crippen molar-refractivity contribution >= 4 is 11.7 Å². The van der Waals surface area contributed by atoms with E-state index in [4.69, 9.17) is 4.74 Å². The van der Waals surface area contributed by atoms with Gasteiger partial charge in [-0.15, -0.1) is 0 Å². The summed E-state index contributed by atoms with van der Waals surface area (Å²) in [6.45, 7) is 5.19. The monoisotopic (exact) mass is 398 g/mol. The molecule has 3 heterocycles. The summed E-state index contributed by atoms with van der Waals surface area (Å²) in [5.74, 6) is 0.372. The highest BCUT2D eigenvalue weighted by molar-refractivity contribution is 5.98. The highest BCUT2D eigenvalue weighted by atomic mass is 19.1. The number of hydrogen-bond acceptors (Lipinski definition) is 5. The first-order chi connectivity index (χ1) is 14.2. The Kier molecular flexibility index (Phi) is 6.36. The fraction of sp³-hybridized carbons (Fsp3) is 0.455. The summed E-state index contributed by atoms with van der Waals surface area (Å²) < 4.78 is 18.9. The number of ether oxygens (including phenoxy) is 1. The van der Waals surface area contributed by atoms with Gasteiger partial charge in [-0.1, -0.05) is 12.1 Å². The second kappa shape index (κ2) is 9.33. The van der Waals surface area contributed by atoms with Crippen molar-refractivity contribution < 1.29 is 13.9 Å². The molecule has 2 aliphatic heterocycles. The number of hydrogen-bond donors (Lipinski definition) is 1. The summed E-state index contributed by atoms with van der Waals surface area (Å²) in [6, 6.07) is 10.1. The van der Waals surface area contributed by atoms with Gasteiger partial charge < -0.3 is 15.0 Å². The Morgan fingerprint density at radius 1 is 1.10 bits per heavy atom. The van der Waals surface area contributed by atoms with Gasteiger partial charge in [0.05, 0.1) is 24.8 Å². The lowest BCUT2D eigenvalue weighted by atomic mass is 10.0. The summed E-state index contributed by atoms with van der Waals surface area (Å²) >= 11 is 0. The first-order valence-corrected chi connectivity index (χ1v) is 10.3. The van der Waals surface area contributed by atoms with Gasteiger partial charge in [0.15, 0.2) is 0 Å². The first-order valence-electron chi connectivity index (χ1n) is 10.3. The molecule has 1 amide bonds. The van der Waals surface area contributed by atoms with Crippen LogP contribution in [0.15, 0.2) is 42.6 Å². The fourth-order valence-electron chi connectivity index (χ4n) is 4.07. The average molecular weight is 398 g/mol. The number of nitrogens with one attached hydrogen (secondary N) is 1. The molecule has 0 spiro atoms. The molecule has 2 aromatic rings. The lowest BCUT2D eigenvalue weighted by molar-refractivity contribution is 0.0162. The largest absolute Gasteiger partial charge is 0.379 e. The van der Waals surface area contributed by atoms with Crippen molar-refractivity contribution in [2.75, 3.05) is 50.8 Å². The van der Waals surface area contributed by atoms with Gasteiger partial charge in [-0.2, -0.15) is 0 Å². The molecule has 0 saturated carbocycles. The summed E-state index contributed by atoms with van der Waals surface area (Å²) in [5, 5.41) is 3.09. The fourth-order valence-corrected chi connectivity index (χ4v) is 4.07. The number of aromatic nitrogens is 1. The summed E-state index contributed by atoms with van der Waals surface area (Å²) in [6.07, 6.45) is 3.99. The van der Waals surface area contributed by atoms with Crippen LogP contribution in [0.3, 0.4) is 0 Å². The Hall–Kier alpha value is -2.51. The van der Waals surface area contributed by atoms with Crippen LogP contribution in [0.1, 0.15) is 34.8 Å². The molecule has 1 aromatic carbocycles. The zero-order chi connectivity index (χ0) is 20.1. The van der Waals surface area contributed by atoms with Gasteiger partial charge in [0.25, 0.3) is 5.91 Å². The Morgan fingerprint density at radius 2 is 1.83 bits per heavy atom. The third-order valence-electron chi connectivity index (χ3n) is 5.63. The van der Waals surface area contributed by atoms with Crippen LogP contribution >= 0.6 is 0 Å². The van der Waals surface area contributed by atoms with Crippen molar-refractivity contribution in [3.05, 3.63) is 59.5 Å². The van der Waals surface area contributed by atoms with Crippen LogP contribution in [0, 0.1) is 5.82 Å². The molecule has 2 saturated heterocycles. The third-order valence-corrected chi connectivity index (χ3v) is 5.63. The SMILES string of the molecule is O=C(NCC(c1ccc(F)cc1)N1CCOCC1)c1cccnc1N1CCCC1. The standard InChI is InChI=1S/C22H27FN4O2/c23-18-7-5-17(6-8-18)20(26-12-14-29-15-13-26)16-25-22(28)19-4-3-9-24-21(19)27-10-1-2-11-27/h3-9,20H,1-2,10-16H2,(H,25,28). The van der Waals surface area contributed by atoms with Crippen LogP contribution in [0.25, 0.3) is 0 Å². The maximum atomic E-state index is 13.4. The smallest absolute Gasteiger partial charge is 0.255 e. The Bertz CT molecular complexity index is 818. The molecule has 1 unspecified atom stereocenters. The van der Waals surface area contributed by atoms with Crippen LogP contribution in [-0.4, -0.2) is 61.7 Å². The summed E-state index contributed by atoms with van der Waals surface area (Å²) in [5.41, 5.74) is 1.59. The third kappa shape index (κ3) is 4.74. The molecule has 2 fully saturated rings. The highest BCUT2D eigenvalue weighted by Crippen LogP contribution is 2.24. The van der Waals surface area contributed by atoms with Crippen molar-refractivity contribution in [2.45, 2.75) is 18.9 Å². The van der Waals surface area contributed by atoms with E-state index in [1.807, 2.05) is 6.07 Å². The van der Waals surface area contributed by atoms with Gasteiger partial charge >= 0.3 is 0 Å². The van der Waals surface area contributed by atoms with Crippen molar-refractivity contribution in [3.63, 3.8) is 0 Å². The predicted molar refractivity (Wildman–Crippen MR) is 110 cm³/mol. The van der Waals surface area contributed by atoms with Crippen LogP contribution < -0.4 is 10.2 Å². The average Bonchev–Trinajstić information content (AvgIpc) is 3.30. The van der Waals surface area contributed by atoms with Crippen LogP contribution in [0.4, 0.5) is 10.2 Å². The van der Waals surface area contributed by atoms with E-state index in [9.17, 15) is 9.18 Å². The molecule has 0 radical (unpaired) electrons. The first kappa shape index (κ1) is 19.8. The lowest BCUT2D eigenvalue weighted by Gasteiger charge is -2.35. The molecule has 4 rings (SSSR count). The maximum Gasteiger partial charge on any atom is 0.255 e. The van der Waals surface area contributed by atoms with Gasteiger partial charge in [0.2, 0.25) is 0 Å². The molecule has 6 nitrogen and oxygen atoms in total. The molecule has 1 aromatic heterocycles. The van der Waals surface area contributed by atoms with E-state index in [2.05, 4.69) is 20.1 Å². The number of morpholine rings is 1. The zero-order valence-electron chi connectivity index (χ0n) is 16.5. The number of nitrogens with zero attached hydrogens (tertiary/aromatic N) is 3. The number of benzene rings is 1. The Labute approximate surface area is 170 Å². The molecule has 0 bridgehead atoms. The molecule has 1 atom stereocenters. The van der Waals surface area contributed by atoms with E-state index < -0.39 is 0 Å². The van der Waals surface area contributed by atoms with Gasteiger partial charge in [-0.05, 0) is 42.7 Å². The van der Waals surface area contributed by atoms with Gasteiger partial charge in [-0.25, -0.2) is 9.37 Å². The van der Waals surface area contributed by atoms with Crippen LogP contribution in [-0.2, 0) is 4.74 Å². The maximum absolute atomic E-state index is 13.4. The number of anilines is 1. The Morgan fingerprint density at radius 3 is 2.55 bits per heavy atom. The highest BCUT2D eigenvalue weighted by Gasteiger charge is 2.25. The Balaban J connectivity index is 1.50. The quantitative estimate of drug-likeness (QED) is 0.811. The molecule has 154 valence electrons. The number of amides is 1. The summed E-state index contributed by atoms with van der Waals surface area (Å²) in [7, 11) is 0. The molecule has 0 aliphatic carbocycles. The minimum absolute atomic E-state index is 0.0321. The van der Waals surface area contributed by atoms with Gasteiger partial charge in [0.1, 0.15) is 11.6 Å². The van der Waals surface area contributed by atoms with Crippen molar-refractivity contribution in [2.24, 2.45) is 0 Å². The van der Waals surface area contributed by atoms with E-state index in [1.54, 1.807) is 24.4 Å². The number of pyridine rings is 1. The zero-order valence-corrected chi connectivity index (χ0v) is 16.5. The molecular formula is C22H27FN4O2. The van der Waals surface area contributed by atoms with E-state index >= 15 is 0 Å². The second-order valence-electron chi connectivity index (χ2n) is 7.49. The topological polar surface area (TPSA) is 57.7 Å². The molecular weight excluding hydrogens is 371 g/mol. The molecule has 1 N–H and O–H groups in total. The van der Waals surface area contributed by atoms with Crippen LogP contribution in [0.5, 0.6) is 0 Å². The van der Waals surface area contributed by atoms with E-state index in [0.717, 1.165) is 50.4 Å². The number of halogens is 1. The van der Waals surface area contributed by atoms with Gasteiger partial charge in [-0.3, -0.25) is 9.69 Å². The van der Waals surface area contributed by atoms with E-state index in [1.165, 1.54) is 12.1 Å². The van der Waals surface area contributed by atoms with Crippen molar-refractivity contribution in [1.82, 2.24) is 15.2 Å². The van der Waals surface area contributed by atoms with E-state index in [-0.39, 0.29) is 17.8 Å². The van der Waals surface area contributed by atoms with Crippen molar-refractivity contribution in [1.29, 1.82) is 0 Å². The minimum Gasteiger partial charge on any atom is -0.379 e. The summed E-state index contributed by atoms with van der Waals surface area (Å²) in [4.78, 5) is 21.9. The van der Waals surface area contributed by atoms with Crippen molar-refractivity contribution in [3.8, 4) is 0 Å². The number of rotatable bonds is 6. The second-order valence-corrected chi connectivity index (χ2v) is 7.49. The molecule has 7 heteroatoms. The van der Waals surface area contributed by atoms with Gasteiger partial charge in [0, 0.05) is 38.9 Å². The van der Waals surface area contributed by atoms with Crippen LogP contribution in [0.2, 0.25) is 0 Å². The number of carbonyl (C=O) groups is 1.